The Morgan fingerprint density at radius 1 is 1.29 bits per heavy atom. The van der Waals surface area contributed by atoms with Crippen LogP contribution in [0, 0.1) is 0 Å². The Bertz CT molecular complexity index is 434. The van der Waals surface area contributed by atoms with Crippen molar-refractivity contribution in [2.45, 2.75) is 56.9 Å². The van der Waals surface area contributed by atoms with Crippen LogP contribution in [0.25, 0.3) is 0 Å². The van der Waals surface area contributed by atoms with E-state index in [9.17, 15) is 18.6 Å². The fraction of sp³-hybridized carbons (Fsp3) is 0.769. The van der Waals surface area contributed by atoms with Crippen molar-refractivity contribution in [2.75, 3.05) is 5.75 Å². The molecule has 0 heterocycles. The van der Waals surface area contributed by atoms with Crippen molar-refractivity contribution in [3.8, 4) is 0 Å². The summed E-state index contributed by atoms with van der Waals surface area (Å²) >= 11 is 0. The molecule has 21 heavy (non-hydrogen) atoms. The number of carboxylic acid groups (broad SMARTS) is 1. The lowest BCUT2D eigenvalue weighted by atomic mass is 10.2. The molecule has 1 rings (SSSR count). The van der Waals surface area contributed by atoms with E-state index in [2.05, 4.69) is 10.6 Å². The predicted molar refractivity (Wildman–Crippen MR) is 78.1 cm³/mol. The second kappa shape index (κ2) is 8.11. The molecule has 0 saturated heterocycles. The van der Waals surface area contributed by atoms with Gasteiger partial charge in [0, 0.05) is 23.8 Å². The first-order valence-electron chi connectivity index (χ1n) is 6.98. The average molecular weight is 318 g/mol. The molecule has 0 aromatic heterocycles. The highest BCUT2D eigenvalue weighted by Crippen LogP contribution is 2.18. The Morgan fingerprint density at radius 2 is 1.86 bits per heavy atom. The van der Waals surface area contributed by atoms with Crippen LogP contribution in [0.15, 0.2) is 0 Å². The summed E-state index contributed by atoms with van der Waals surface area (Å²) in [5, 5.41) is 13.2. The molecule has 0 aliphatic heterocycles. The number of aliphatic carboxylic acids is 1. The third-order valence-corrected chi connectivity index (χ3v) is 5.14. The maximum Gasteiger partial charge on any atom is 0.327 e. The van der Waals surface area contributed by atoms with Crippen LogP contribution < -0.4 is 10.6 Å². The van der Waals surface area contributed by atoms with E-state index in [1.54, 1.807) is 0 Å². The molecule has 0 spiro atoms. The lowest BCUT2D eigenvalue weighted by Gasteiger charge is -2.18. The van der Waals surface area contributed by atoms with Gasteiger partial charge in [-0.15, -0.1) is 0 Å². The SMILES string of the molecule is CC(=O)NC(CS(=O)C(C)C(=O)NC1CCCC1)C(=O)O. The van der Waals surface area contributed by atoms with E-state index in [0.29, 0.717) is 0 Å². The fourth-order valence-corrected chi connectivity index (χ4v) is 3.39. The quantitative estimate of drug-likeness (QED) is 0.600. The van der Waals surface area contributed by atoms with Crippen LogP contribution in [0.1, 0.15) is 39.5 Å². The van der Waals surface area contributed by atoms with Crippen LogP contribution in [0.3, 0.4) is 0 Å². The van der Waals surface area contributed by atoms with Crippen LogP contribution in [-0.2, 0) is 25.2 Å². The molecule has 2 amide bonds. The lowest BCUT2D eigenvalue weighted by Crippen LogP contribution is -2.47. The second-order valence-corrected chi connectivity index (χ2v) is 7.07. The molecule has 1 aliphatic carbocycles. The van der Waals surface area contributed by atoms with E-state index in [4.69, 9.17) is 5.11 Å². The van der Waals surface area contributed by atoms with Gasteiger partial charge < -0.3 is 15.7 Å². The van der Waals surface area contributed by atoms with Gasteiger partial charge >= 0.3 is 5.97 Å². The monoisotopic (exact) mass is 318 g/mol. The molecule has 0 aromatic rings. The van der Waals surface area contributed by atoms with Gasteiger partial charge in [-0.3, -0.25) is 13.8 Å². The molecule has 0 radical (unpaired) electrons. The standard InChI is InChI=1S/C13H22N2O5S/c1-8(12(17)15-10-5-3-4-6-10)21(20)7-11(13(18)19)14-9(2)16/h8,10-11H,3-7H2,1-2H3,(H,14,16)(H,15,17)(H,18,19). The first kappa shape index (κ1) is 17.6. The molecule has 8 heteroatoms. The number of rotatable bonds is 7. The Kier molecular flexibility index (Phi) is 6.80. The lowest BCUT2D eigenvalue weighted by molar-refractivity contribution is -0.140. The predicted octanol–water partition coefficient (Wildman–Crippen LogP) is -0.228. The van der Waals surface area contributed by atoms with Crippen molar-refractivity contribution in [1.82, 2.24) is 10.6 Å². The van der Waals surface area contributed by atoms with Gasteiger partial charge in [-0.1, -0.05) is 12.8 Å². The van der Waals surface area contributed by atoms with Crippen LogP contribution in [-0.4, -0.2) is 50.2 Å². The van der Waals surface area contributed by atoms with Crippen molar-refractivity contribution < 1.29 is 23.7 Å². The summed E-state index contributed by atoms with van der Waals surface area (Å²) in [5.74, 6) is -2.38. The number of nitrogens with one attached hydrogen (secondary N) is 2. The summed E-state index contributed by atoms with van der Waals surface area (Å²) in [6.07, 6.45) is 4.00. The fourth-order valence-electron chi connectivity index (χ4n) is 2.24. The summed E-state index contributed by atoms with van der Waals surface area (Å²) < 4.78 is 12.1. The molecule has 1 saturated carbocycles. The average Bonchev–Trinajstić information content (AvgIpc) is 2.88. The van der Waals surface area contributed by atoms with E-state index < -0.39 is 34.0 Å². The minimum Gasteiger partial charge on any atom is -0.480 e. The van der Waals surface area contributed by atoms with Gasteiger partial charge in [-0.25, -0.2) is 4.79 Å². The van der Waals surface area contributed by atoms with Gasteiger partial charge in [0.25, 0.3) is 0 Å². The van der Waals surface area contributed by atoms with Crippen molar-refractivity contribution in [2.24, 2.45) is 0 Å². The summed E-state index contributed by atoms with van der Waals surface area (Å²) in [5.41, 5.74) is 0. The summed E-state index contributed by atoms with van der Waals surface area (Å²) in [4.78, 5) is 33.9. The minimum atomic E-state index is -1.67. The molecule has 3 atom stereocenters. The molecule has 1 aliphatic rings. The molecular formula is C13H22N2O5S. The second-order valence-electron chi connectivity index (χ2n) is 5.27. The van der Waals surface area contributed by atoms with Crippen LogP contribution in [0.4, 0.5) is 0 Å². The Balaban J connectivity index is 2.53. The Labute approximate surface area is 126 Å². The molecule has 120 valence electrons. The highest BCUT2D eigenvalue weighted by Gasteiger charge is 2.28. The number of carboxylic acids is 1. The Morgan fingerprint density at radius 3 is 2.33 bits per heavy atom. The molecule has 0 aromatic carbocycles. The first-order chi connectivity index (χ1) is 9.81. The third kappa shape index (κ3) is 5.82. The van der Waals surface area contributed by atoms with Crippen LogP contribution in [0.2, 0.25) is 0 Å². The molecule has 1 fully saturated rings. The third-order valence-electron chi connectivity index (χ3n) is 3.47. The topological polar surface area (TPSA) is 113 Å². The van der Waals surface area contributed by atoms with Gasteiger partial charge in [0.15, 0.2) is 0 Å². The first-order valence-corrected chi connectivity index (χ1v) is 8.37. The Hall–Kier alpha value is -1.44. The number of hydrogen-bond donors (Lipinski definition) is 3. The van der Waals surface area contributed by atoms with E-state index in [0.717, 1.165) is 25.7 Å². The van der Waals surface area contributed by atoms with Gasteiger partial charge in [0.2, 0.25) is 11.8 Å². The van der Waals surface area contributed by atoms with Crippen molar-refractivity contribution in [3.63, 3.8) is 0 Å². The van der Waals surface area contributed by atoms with Crippen LogP contribution in [0.5, 0.6) is 0 Å². The molecule has 3 unspecified atom stereocenters. The maximum atomic E-state index is 12.1. The number of hydrogen-bond acceptors (Lipinski definition) is 4. The van der Waals surface area contributed by atoms with Crippen LogP contribution >= 0.6 is 0 Å². The molecule has 3 N–H and O–H groups in total. The van der Waals surface area contributed by atoms with E-state index in [1.165, 1.54) is 13.8 Å². The van der Waals surface area contributed by atoms with Crippen molar-refractivity contribution >= 4 is 28.6 Å². The minimum absolute atomic E-state index is 0.127. The highest BCUT2D eigenvalue weighted by atomic mass is 32.2. The van der Waals surface area contributed by atoms with E-state index in [1.807, 2.05) is 0 Å². The smallest absolute Gasteiger partial charge is 0.327 e. The number of carbonyl (C=O) groups is 3. The number of carbonyl (C=O) groups excluding carboxylic acids is 2. The van der Waals surface area contributed by atoms with Gasteiger partial charge in [-0.05, 0) is 19.8 Å². The molecule has 0 bridgehead atoms. The van der Waals surface area contributed by atoms with E-state index >= 15 is 0 Å². The summed E-state index contributed by atoms with van der Waals surface area (Å²) in [7, 11) is -1.67. The van der Waals surface area contributed by atoms with Gasteiger partial charge in [0.05, 0.1) is 5.75 Å². The zero-order chi connectivity index (χ0) is 16.0. The highest BCUT2D eigenvalue weighted by molar-refractivity contribution is 7.86. The molecule has 7 nitrogen and oxygen atoms in total. The molecular weight excluding hydrogens is 296 g/mol. The normalized spacial score (nSPS) is 19.5. The number of amides is 2. The van der Waals surface area contributed by atoms with E-state index in [-0.39, 0.29) is 17.7 Å². The summed E-state index contributed by atoms with van der Waals surface area (Å²) in [6.45, 7) is 2.70. The van der Waals surface area contributed by atoms with Crippen molar-refractivity contribution in [3.05, 3.63) is 0 Å². The van der Waals surface area contributed by atoms with Gasteiger partial charge in [-0.2, -0.15) is 0 Å². The maximum absolute atomic E-state index is 12.1. The zero-order valence-electron chi connectivity index (χ0n) is 12.3. The zero-order valence-corrected chi connectivity index (χ0v) is 13.1. The summed E-state index contributed by atoms with van der Waals surface area (Å²) in [6, 6.07) is -1.12. The van der Waals surface area contributed by atoms with Crippen molar-refractivity contribution in [1.29, 1.82) is 0 Å². The van der Waals surface area contributed by atoms with Gasteiger partial charge in [0.1, 0.15) is 11.3 Å². The largest absolute Gasteiger partial charge is 0.480 e.